The van der Waals surface area contributed by atoms with Gasteiger partial charge in [0.25, 0.3) is 0 Å². The van der Waals surface area contributed by atoms with Crippen molar-refractivity contribution in [2.45, 2.75) is 25.9 Å². The van der Waals surface area contributed by atoms with Gasteiger partial charge in [0.15, 0.2) is 0 Å². The molecule has 0 radical (unpaired) electrons. The second-order valence-corrected chi connectivity index (χ2v) is 7.15. The predicted molar refractivity (Wildman–Crippen MR) is 97.0 cm³/mol. The van der Waals surface area contributed by atoms with Crippen LogP contribution in [0.2, 0.25) is 0 Å². The maximum atomic E-state index is 12.5. The summed E-state index contributed by atoms with van der Waals surface area (Å²) in [6.45, 7) is 6.49. The van der Waals surface area contributed by atoms with E-state index < -0.39 is 0 Å². The van der Waals surface area contributed by atoms with Gasteiger partial charge in [0, 0.05) is 43.8 Å². The molecule has 2 amide bonds. The van der Waals surface area contributed by atoms with Gasteiger partial charge in [0.05, 0.1) is 11.7 Å². The second-order valence-electron chi connectivity index (χ2n) is 6.12. The van der Waals surface area contributed by atoms with Gasteiger partial charge in [-0.2, -0.15) is 0 Å². The maximum Gasteiger partial charge on any atom is 0.317 e. The van der Waals surface area contributed by atoms with Gasteiger partial charge in [0.2, 0.25) is 0 Å². The Labute approximate surface area is 147 Å². The summed E-state index contributed by atoms with van der Waals surface area (Å²) in [4.78, 5) is 22.6. The van der Waals surface area contributed by atoms with Crippen LogP contribution in [0.1, 0.15) is 30.0 Å². The van der Waals surface area contributed by atoms with Crippen molar-refractivity contribution < 1.29 is 4.79 Å². The largest absolute Gasteiger partial charge is 0.330 e. The fourth-order valence-corrected chi connectivity index (χ4v) is 3.68. The first-order valence-electron chi connectivity index (χ1n) is 8.43. The molecule has 128 valence electrons. The van der Waals surface area contributed by atoms with E-state index in [1.807, 2.05) is 30.0 Å². The van der Waals surface area contributed by atoms with Crippen molar-refractivity contribution in [1.29, 1.82) is 0 Å². The summed E-state index contributed by atoms with van der Waals surface area (Å²) in [5.74, 6) is 0. The molecular formula is C18H24N4OS. The molecule has 1 saturated heterocycles. The first-order valence-corrected chi connectivity index (χ1v) is 9.31. The minimum absolute atomic E-state index is 0.00567. The lowest BCUT2D eigenvalue weighted by molar-refractivity contribution is 0.194. The smallest absolute Gasteiger partial charge is 0.317 e. The number of hydrogen-bond donors (Lipinski definition) is 1. The van der Waals surface area contributed by atoms with Crippen LogP contribution in [0.4, 0.5) is 4.79 Å². The Morgan fingerprint density at radius 2 is 2.17 bits per heavy atom. The van der Waals surface area contributed by atoms with E-state index in [2.05, 4.69) is 32.7 Å². The van der Waals surface area contributed by atoms with Crippen molar-refractivity contribution in [3.63, 3.8) is 0 Å². The number of amides is 2. The van der Waals surface area contributed by atoms with E-state index in [0.717, 1.165) is 44.8 Å². The molecule has 0 bridgehead atoms. The number of urea groups is 1. The van der Waals surface area contributed by atoms with E-state index in [0.29, 0.717) is 0 Å². The summed E-state index contributed by atoms with van der Waals surface area (Å²) in [5, 5.41) is 5.18. The molecule has 1 N–H and O–H groups in total. The van der Waals surface area contributed by atoms with Gasteiger partial charge in [-0.05, 0) is 36.9 Å². The molecule has 0 saturated carbocycles. The molecule has 3 heterocycles. The van der Waals surface area contributed by atoms with Crippen LogP contribution in [0.5, 0.6) is 0 Å². The van der Waals surface area contributed by atoms with E-state index in [4.69, 9.17) is 0 Å². The lowest BCUT2D eigenvalue weighted by Gasteiger charge is -2.24. The highest BCUT2D eigenvalue weighted by Gasteiger charge is 2.21. The average Bonchev–Trinajstić information content (AvgIpc) is 2.99. The van der Waals surface area contributed by atoms with Crippen molar-refractivity contribution in [1.82, 2.24) is 20.1 Å². The van der Waals surface area contributed by atoms with E-state index in [1.165, 1.54) is 4.88 Å². The van der Waals surface area contributed by atoms with Gasteiger partial charge in [0.1, 0.15) is 0 Å². The minimum atomic E-state index is -0.0795. The number of carbonyl (C=O) groups is 1. The maximum absolute atomic E-state index is 12.5. The van der Waals surface area contributed by atoms with Crippen LogP contribution in [0.25, 0.3) is 0 Å². The summed E-state index contributed by atoms with van der Waals surface area (Å²) < 4.78 is 0. The zero-order valence-corrected chi connectivity index (χ0v) is 14.8. The van der Waals surface area contributed by atoms with E-state index in [1.54, 1.807) is 17.5 Å². The Bertz CT molecular complexity index is 632. The lowest BCUT2D eigenvalue weighted by Crippen LogP contribution is -2.43. The Kier molecular flexibility index (Phi) is 5.82. The lowest BCUT2D eigenvalue weighted by atomic mass is 10.2. The SMILES string of the molecule is CC(NC(=O)N1CCCN(Cc2cccs2)CC1)c1ccccn1. The fourth-order valence-electron chi connectivity index (χ4n) is 2.94. The monoisotopic (exact) mass is 344 g/mol. The van der Waals surface area contributed by atoms with Crippen molar-refractivity contribution in [2.75, 3.05) is 26.2 Å². The molecule has 3 rings (SSSR count). The van der Waals surface area contributed by atoms with Crippen LogP contribution in [0, 0.1) is 0 Å². The molecule has 1 atom stereocenters. The first-order chi connectivity index (χ1) is 11.7. The van der Waals surface area contributed by atoms with Crippen LogP contribution in [-0.2, 0) is 6.54 Å². The third kappa shape index (κ3) is 4.55. The van der Waals surface area contributed by atoms with Crippen molar-refractivity contribution in [3.8, 4) is 0 Å². The molecule has 6 heteroatoms. The third-order valence-electron chi connectivity index (χ3n) is 4.31. The molecule has 5 nitrogen and oxygen atoms in total. The Morgan fingerprint density at radius 3 is 2.92 bits per heavy atom. The molecule has 1 aliphatic heterocycles. The van der Waals surface area contributed by atoms with Gasteiger partial charge in [-0.25, -0.2) is 4.79 Å². The highest BCUT2D eigenvalue weighted by atomic mass is 32.1. The zero-order chi connectivity index (χ0) is 16.8. The van der Waals surface area contributed by atoms with Crippen LogP contribution >= 0.6 is 11.3 Å². The number of pyridine rings is 1. The van der Waals surface area contributed by atoms with Crippen molar-refractivity contribution >= 4 is 17.4 Å². The van der Waals surface area contributed by atoms with Gasteiger partial charge >= 0.3 is 6.03 Å². The highest BCUT2D eigenvalue weighted by Crippen LogP contribution is 2.14. The van der Waals surface area contributed by atoms with Crippen LogP contribution in [0.3, 0.4) is 0 Å². The van der Waals surface area contributed by atoms with Crippen LogP contribution < -0.4 is 5.32 Å². The highest BCUT2D eigenvalue weighted by molar-refractivity contribution is 7.09. The average molecular weight is 344 g/mol. The topological polar surface area (TPSA) is 48.5 Å². The van der Waals surface area contributed by atoms with Crippen molar-refractivity contribution in [3.05, 3.63) is 52.5 Å². The summed E-state index contributed by atoms with van der Waals surface area (Å²) in [7, 11) is 0. The van der Waals surface area contributed by atoms with E-state index in [-0.39, 0.29) is 12.1 Å². The van der Waals surface area contributed by atoms with Crippen molar-refractivity contribution in [2.24, 2.45) is 0 Å². The molecule has 1 fully saturated rings. The minimum Gasteiger partial charge on any atom is -0.330 e. The van der Waals surface area contributed by atoms with Gasteiger partial charge in [-0.1, -0.05) is 12.1 Å². The Hall–Kier alpha value is -1.92. The standard InChI is InChI=1S/C18H24N4OS/c1-15(17-7-2-3-8-19-17)20-18(23)22-10-5-9-21(11-12-22)14-16-6-4-13-24-16/h2-4,6-8,13,15H,5,9-12,14H2,1H3,(H,20,23). The second kappa shape index (κ2) is 8.26. The number of thiophene rings is 1. The molecule has 2 aromatic heterocycles. The third-order valence-corrected chi connectivity index (χ3v) is 5.17. The molecule has 0 aromatic carbocycles. The predicted octanol–water partition coefficient (Wildman–Crippen LogP) is 3.12. The summed E-state index contributed by atoms with van der Waals surface area (Å²) in [6.07, 6.45) is 2.77. The first kappa shape index (κ1) is 16.9. The number of aromatic nitrogens is 1. The van der Waals surface area contributed by atoms with E-state index in [9.17, 15) is 4.79 Å². The number of carbonyl (C=O) groups excluding carboxylic acids is 1. The Balaban J connectivity index is 1.51. The van der Waals surface area contributed by atoms with Gasteiger partial charge in [-0.15, -0.1) is 11.3 Å². The molecule has 0 spiro atoms. The van der Waals surface area contributed by atoms with Crippen LogP contribution in [-0.4, -0.2) is 47.0 Å². The number of nitrogens with one attached hydrogen (secondary N) is 1. The van der Waals surface area contributed by atoms with E-state index >= 15 is 0 Å². The molecule has 1 aliphatic rings. The normalized spacial score (nSPS) is 17.3. The summed E-state index contributed by atoms with van der Waals surface area (Å²) >= 11 is 1.80. The number of rotatable bonds is 4. The van der Waals surface area contributed by atoms with Gasteiger partial charge in [-0.3, -0.25) is 9.88 Å². The molecule has 0 aliphatic carbocycles. The molecule has 1 unspecified atom stereocenters. The fraction of sp³-hybridized carbons (Fsp3) is 0.444. The molecule has 2 aromatic rings. The summed E-state index contributed by atoms with van der Waals surface area (Å²) in [5.41, 5.74) is 0.889. The summed E-state index contributed by atoms with van der Waals surface area (Å²) in [6, 6.07) is 9.96. The quantitative estimate of drug-likeness (QED) is 0.927. The number of nitrogens with zero attached hydrogens (tertiary/aromatic N) is 3. The van der Waals surface area contributed by atoms with Gasteiger partial charge < -0.3 is 10.2 Å². The Morgan fingerprint density at radius 1 is 1.25 bits per heavy atom. The number of hydrogen-bond acceptors (Lipinski definition) is 4. The van der Waals surface area contributed by atoms with Crippen LogP contribution in [0.15, 0.2) is 41.9 Å². The zero-order valence-electron chi connectivity index (χ0n) is 14.0. The molecule has 24 heavy (non-hydrogen) atoms. The molecular weight excluding hydrogens is 320 g/mol.